The Morgan fingerprint density at radius 2 is 1.49 bits per heavy atom. The van der Waals surface area contributed by atoms with Crippen molar-refractivity contribution >= 4 is 11.6 Å². The van der Waals surface area contributed by atoms with Crippen molar-refractivity contribution in [2.75, 3.05) is 11.6 Å². The molecule has 0 radical (unpaired) electrons. The summed E-state index contributed by atoms with van der Waals surface area (Å²) in [5, 5.41) is 0. The zero-order valence-electron chi connectivity index (χ0n) is 20.7. The standard InChI is InChI=1S/C30H32N4O/c1-4-24-14-16-27(17-15-24)33-20-32(19-26-12-10-22(2)11-13-26)21-34-29(35)28(23(3)31-30(33)34)18-25-8-6-5-7-9-25/h5-17H,4,18-21H2,1-3H3. The second kappa shape index (κ2) is 9.88. The number of nitrogens with zero attached hydrogens (tertiary/aromatic N) is 4. The molecule has 0 amide bonds. The molecule has 5 heteroatoms. The summed E-state index contributed by atoms with van der Waals surface area (Å²) in [6, 6.07) is 27.4. The molecule has 0 unspecified atom stereocenters. The minimum absolute atomic E-state index is 0.0418. The van der Waals surface area contributed by atoms with Crippen LogP contribution >= 0.6 is 0 Å². The van der Waals surface area contributed by atoms with E-state index in [4.69, 9.17) is 4.98 Å². The molecule has 0 spiro atoms. The topological polar surface area (TPSA) is 41.4 Å². The molecular formula is C30H32N4O. The first kappa shape index (κ1) is 23.1. The smallest absolute Gasteiger partial charge is 0.259 e. The van der Waals surface area contributed by atoms with Gasteiger partial charge in [0.2, 0.25) is 5.95 Å². The molecule has 0 N–H and O–H groups in total. The van der Waals surface area contributed by atoms with E-state index in [9.17, 15) is 4.79 Å². The van der Waals surface area contributed by atoms with Gasteiger partial charge in [-0.2, -0.15) is 0 Å². The predicted molar refractivity (Wildman–Crippen MR) is 142 cm³/mol. The first-order chi connectivity index (χ1) is 17.0. The summed E-state index contributed by atoms with van der Waals surface area (Å²) in [7, 11) is 0. The van der Waals surface area contributed by atoms with Crippen molar-refractivity contribution in [1.82, 2.24) is 14.5 Å². The Kier molecular flexibility index (Phi) is 6.51. The Morgan fingerprint density at radius 1 is 0.800 bits per heavy atom. The van der Waals surface area contributed by atoms with Gasteiger partial charge in [0.25, 0.3) is 5.56 Å². The lowest BCUT2D eigenvalue weighted by Crippen LogP contribution is -2.47. The van der Waals surface area contributed by atoms with Crippen LogP contribution in [0.2, 0.25) is 0 Å². The Bertz CT molecular complexity index is 1360. The van der Waals surface area contributed by atoms with Gasteiger partial charge in [0, 0.05) is 24.2 Å². The molecule has 178 valence electrons. The van der Waals surface area contributed by atoms with Crippen molar-refractivity contribution in [3.05, 3.63) is 123 Å². The largest absolute Gasteiger partial charge is 0.298 e. The van der Waals surface area contributed by atoms with Gasteiger partial charge < -0.3 is 0 Å². The Morgan fingerprint density at radius 3 is 2.17 bits per heavy atom. The van der Waals surface area contributed by atoms with Crippen molar-refractivity contribution in [2.24, 2.45) is 0 Å². The van der Waals surface area contributed by atoms with Crippen molar-refractivity contribution in [3.8, 4) is 0 Å². The van der Waals surface area contributed by atoms with E-state index in [0.717, 1.165) is 35.5 Å². The Balaban J connectivity index is 1.56. The van der Waals surface area contributed by atoms with Crippen LogP contribution in [0.3, 0.4) is 0 Å². The molecule has 0 aliphatic carbocycles. The maximum atomic E-state index is 13.8. The summed E-state index contributed by atoms with van der Waals surface area (Å²) in [4.78, 5) is 23.3. The van der Waals surface area contributed by atoms with Gasteiger partial charge in [-0.1, -0.05) is 79.2 Å². The van der Waals surface area contributed by atoms with E-state index in [1.807, 2.05) is 29.7 Å². The molecular weight excluding hydrogens is 432 g/mol. The van der Waals surface area contributed by atoms with Crippen LogP contribution < -0.4 is 10.5 Å². The van der Waals surface area contributed by atoms with E-state index in [0.29, 0.717) is 25.7 Å². The van der Waals surface area contributed by atoms with Gasteiger partial charge in [-0.25, -0.2) is 4.98 Å². The van der Waals surface area contributed by atoms with Gasteiger partial charge in [0.05, 0.1) is 19.0 Å². The quantitative estimate of drug-likeness (QED) is 0.373. The molecule has 0 atom stereocenters. The molecule has 0 bridgehead atoms. The van der Waals surface area contributed by atoms with Crippen molar-refractivity contribution in [3.63, 3.8) is 0 Å². The van der Waals surface area contributed by atoms with Crippen LogP contribution in [0.1, 0.15) is 40.4 Å². The first-order valence-electron chi connectivity index (χ1n) is 12.3. The summed E-state index contributed by atoms with van der Waals surface area (Å²) < 4.78 is 1.84. The molecule has 0 saturated heterocycles. The van der Waals surface area contributed by atoms with Gasteiger partial charge in [0.1, 0.15) is 0 Å². The Labute approximate surface area is 207 Å². The zero-order chi connectivity index (χ0) is 24.4. The maximum absolute atomic E-state index is 13.8. The molecule has 5 rings (SSSR count). The highest BCUT2D eigenvalue weighted by atomic mass is 16.1. The third-order valence-corrected chi connectivity index (χ3v) is 6.78. The van der Waals surface area contributed by atoms with E-state index in [-0.39, 0.29) is 5.56 Å². The second-order valence-electron chi connectivity index (χ2n) is 9.42. The second-order valence-corrected chi connectivity index (χ2v) is 9.42. The first-order valence-corrected chi connectivity index (χ1v) is 12.3. The van der Waals surface area contributed by atoms with Gasteiger partial charge in [-0.3, -0.25) is 19.2 Å². The van der Waals surface area contributed by atoms with Crippen LogP contribution in [-0.2, 0) is 26.1 Å². The number of fused-ring (bicyclic) bond motifs is 1. The molecule has 0 saturated carbocycles. The van der Waals surface area contributed by atoms with Gasteiger partial charge in [-0.15, -0.1) is 0 Å². The van der Waals surface area contributed by atoms with E-state index < -0.39 is 0 Å². The minimum Gasteiger partial charge on any atom is -0.298 e. The van der Waals surface area contributed by atoms with Crippen molar-refractivity contribution in [1.29, 1.82) is 0 Å². The van der Waals surface area contributed by atoms with Crippen LogP contribution in [0.15, 0.2) is 83.7 Å². The van der Waals surface area contributed by atoms with Gasteiger partial charge in [0.15, 0.2) is 0 Å². The lowest BCUT2D eigenvalue weighted by molar-refractivity contribution is 0.189. The number of hydrogen-bond acceptors (Lipinski definition) is 4. The minimum atomic E-state index is 0.0418. The third-order valence-electron chi connectivity index (χ3n) is 6.78. The maximum Gasteiger partial charge on any atom is 0.259 e. The highest BCUT2D eigenvalue weighted by Gasteiger charge is 2.28. The number of anilines is 2. The summed E-state index contributed by atoms with van der Waals surface area (Å²) in [5.41, 5.74) is 7.55. The molecule has 1 aliphatic heterocycles. The molecule has 3 aromatic carbocycles. The van der Waals surface area contributed by atoms with E-state index in [1.54, 1.807) is 0 Å². The molecule has 1 aromatic heterocycles. The van der Waals surface area contributed by atoms with Gasteiger partial charge in [-0.05, 0) is 49.1 Å². The predicted octanol–water partition coefficient (Wildman–Crippen LogP) is 5.58. The van der Waals surface area contributed by atoms with E-state index in [2.05, 4.69) is 84.3 Å². The molecule has 35 heavy (non-hydrogen) atoms. The lowest BCUT2D eigenvalue weighted by atomic mass is 10.1. The van der Waals surface area contributed by atoms with Crippen molar-refractivity contribution < 1.29 is 0 Å². The van der Waals surface area contributed by atoms with Gasteiger partial charge >= 0.3 is 0 Å². The van der Waals surface area contributed by atoms with Crippen LogP contribution in [0.4, 0.5) is 11.6 Å². The molecule has 4 aromatic rings. The lowest BCUT2D eigenvalue weighted by Gasteiger charge is -2.38. The van der Waals surface area contributed by atoms with E-state index >= 15 is 0 Å². The fourth-order valence-corrected chi connectivity index (χ4v) is 4.69. The average molecular weight is 465 g/mol. The SMILES string of the molecule is CCc1ccc(N2CN(Cc3ccc(C)cc3)Cn3c2nc(C)c(Cc2ccccc2)c3=O)cc1. The highest BCUT2D eigenvalue weighted by Crippen LogP contribution is 2.29. The highest BCUT2D eigenvalue weighted by molar-refractivity contribution is 5.59. The summed E-state index contributed by atoms with van der Waals surface area (Å²) >= 11 is 0. The van der Waals surface area contributed by atoms with Crippen molar-refractivity contribution in [2.45, 2.75) is 46.8 Å². The molecule has 2 heterocycles. The van der Waals surface area contributed by atoms with Crippen LogP contribution in [0.25, 0.3) is 0 Å². The van der Waals surface area contributed by atoms with E-state index in [1.165, 1.54) is 16.7 Å². The normalized spacial score (nSPS) is 13.6. The monoisotopic (exact) mass is 464 g/mol. The van der Waals surface area contributed by atoms with Crippen LogP contribution in [0, 0.1) is 13.8 Å². The summed E-state index contributed by atoms with van der Waals surface area (Å²) in [6.07, 6.45) is 1.58. The molecule has 5 nitrogen and oxygen atoms in total. The zero-order valence-corrected chi connectivity index (χ0v) is 20.7. The number of aryl methyl sites for hydroxylation is 3. The third kappa shape index (κ3) is 4.91. The molecule has 1 aliphatic rings. The molecule has 0 fully saturated rings. The van der Waals surface area contributed by atoms with Crippen LogP contribution in [0.5, 0.6) is 0 Å². The number of aromatic nitrogens is 2. The number of benzene rings is 3. The average Bonchev–Trinajstić information content (AvgIpc) is 2.89. The fraction of sp³-hybridized carbons (Fsp3) is 0.267. The number of rotatable bonds is 6. The fourth-order valence-electron chi connectivity index (χ4n) is 4.69. The summed E-state index contributed by atoms with van der Waals surface area (Å²) in [5.74, 6) is 0.716. The summed E-state index contributed by atoms with van der Waals surface area (Å²) in [6.45, 7) is 8.16. The Hall–Kier alpha value is -3.70. The number of hydrogen-bond donors (Lipinski definition) is 0. The van der Waals surface area contributed by atoms with Crippen LogP contribution in [-0.4, -0.2) is 21.1 Å².